The molecule has 0 radical (unpaired) electrons. The van der Waals surface area contributed by atoms with Crippen LogP contribution in [0.15, 0.2) is 30.6 Å². The van der Waals surface area contributed by atoms with Gasteiger partial charge in [0.05, 0.1) is 5.56 Å². The maximum absolute atomic E-state index is 11.2. The minimum absolute atomic E-state index is 0.127. The molecule has 1 amide bonds. The van der Waals surface area contributed by atoms with E-state index >= 15 is 0 Å². The van der Waals surface area contributed by atoms with Crippen LogP contribution in [0.25, 0.3) is 11.1 Å². The lowest BCUT2D eigenvalue weighted by atomic mass is 10.0. The highest BCUT2D eigenvalue weighted by Gasteiger charge is 2.13. The number of rotatable bonds is 2. The molecule has 17 heavy (non-hydrogen) atoms. The van der Waals surface area contributed by atoms with Gasteiger partial charge in [-0.15, -0.1) is 0 Å². The van der Waals surface area contributed by atoms with Crippen molar-refractivity contribution in [2.75, 3.05) is 0 Å². The Morgan fingerprint density at radius 2 is 2.24 bits per heavy atom. The number of nitrogens with two attached hydrogens (primary N) is 1. The van der Waals surface area contributed by atoms with Crippen LogP contribution < -0.4 is 5.73 Å². The van der Waals surface area contributed by atoms with E-state index in [4.69, 9.17) is 17.3 Å². The first-order chi connectivity index (χ1) is 8.09. The summed E-state index contributed by atoms with van der Waals surface area (Å²) in [6, 6.07) is 5.34. The van der Waals surface area contributed by atoms with Crippen molar-refractivity contribution in [1.29, 1.82) is 0 Å². The number of carbonyl (C=O) groups excluding carboxylic acids is 1. The van der Waals surface area contributed by atoms with Crippen LogP contribution in [0.3, 0.4) is 0 Å². The summed E-state index contributed by atoms with van der Waals surface area (Å²) >= 11 is 5.86. The molecular weight excluding hydrogens is 238 g/mol. The first-order valence-corrected chi connectivity index (χ1v) is 5.34. The Balaban J connectivity index is 2.63. The zero-order valence-electron chi connectivity index (χ0n) is 9.14. The van der Waals surface area contributed by atoms with Crippen LogP contribution in [0.2, 0.25) is 5.15 Å². The molecule has 2 N–H and O–H groups in total. The fourth-order valence-corrected chi connectivity index (χ4v) is 1.84. The second-order valence-corrected chi connectivity index (χ2v) is 3.92. The van der Waals surface area contributed by atoms with Gasteiger partial charge in [-0.05, 0) is 19.1 Å². The standard InChI is InChI=1S/C12H10ClN3O/c1-7-9(8-3-2-4-15-6-8)5-10(12(14)17)11(13)16-7/h2-6H,1H3,(H2,14,17). The van der Waals surface area contributed by atoms with Gasteiger partial charge >= 0.3 is 0 Å². The number of nitrogens with zero attached hydrogens (tertiary/aromatic N) is 2. The Hall–Kier alpha value is -1.94. The lowest BCUT2D eigenvalue weighted by Crippen LogP contribution is -2.13. The van der Waals surface area contributed by atoms with Gasteiger partial charge in [-0.25, -0.2) is 4.98 Å². The summed E-state index contributed by atoms with van der Waals surface area (Å²) < 4.78 is 0. The molecule has 0 saturated heterocycles. The van der Waals surface area contributed by atoms with E-state index in [1.807, 2.05) is 19.1 Å². The molecule has 0 aliphatic carbocycles. The number of aryl methyl sites for hydroxylation is 1. The molecule has 4 nitrogen and oxygen atoms in total. The molecule has 0 saturated carbocycles. The Kier molecular flexibility index (Phi) is 3.06. The Bertz CT molecular complexity index is 569. The van der Waals surface area contributed by atoms with Gasteiger partial charge in [0.15, 0.2) is 0 Å². The molecule has 0 aromatic carbocycles. The smallest absolute Gasteiger partial charge is 0.251 e. The first-order valence-electron chi connectivity index (χ1n) is 4.97. The van der Waals surface area contributed by atoms with Crippen LogP contribution in [-0.2, 0) is 0 Å². The highest BCUT2D eigenvalue weighted by molar-refractivity contribution is 6.32. The number of amides is 1. The largest absolute Gasteiger partial charge is 0.366 e. The summed E-state index contributed by atoms with van der Waals surface area (Å²) in [7, 11) is 0. The summed E-state index contributed by atoms with van der Waals surface area (Å²) in [5.74, 6) is -0.590. The van der Waals surface area contributed by atoms with Gasteiger partial charge in [-0.2, -0.15) is 0 Å². The minimum Gasteiger partial charge on any atom is -0.366 e. The van der Waals surface area contributed by atoms with E-state index in [1.165, 1.54) is 0 Å². The average molecular weight is 248 g/mol. The lowest BCUT2D eigenvalue weighted by Gasteiger charge is -2.08. The van der Waals surface area contributed by atoms with Crippen molar-refractivity contribution in [3.63, 3.8) is 0 Å². The molecule has 86 valence electrons. The van der Waals surface area contributed by atoms with E-state index in [0.717, 1.165) is 16.8 Å². The van der Waals surface area contributed by atoms with Gasteiger partial charge < -0.3 is 5.73 Å². The van der Waals surface area contributed by atoms with Gasteiger partial charge in [0, 0.05) is 29.2 Å². The number of pyridine rings is 2. The van der Waals surface area contributed by atoms with Crippen molar-refractivity contribution in [2.24, 2.45) is 5.73 Å². The van der Waals surface area contributed by atoms with Gasteiger partial charge in [0.25, 0.3) is 5.91 Å². The third kappa shape index (κ3) is 2.26. The molecular formula is C12H10ClN3O. The fraction of sp³-hybridized carbons (Fsp3) is 0.0833. The number of halogens is 1. The number of carbonyl (C=O) groups is 1. The number of primary amides is 1. The summed E-state index contributed by atoms with van der Waals surface area (Å²) in [4.78, 5) is 19.3. The molecule has 0 atom stereocenters. The molecule has 0 spiro atoms. The molecule has 2 heterocycles. The summed E-state index contributed by atoms with van der Waals surface area (Å²) in [5, 5.41) is 0.127. The van der Waals surface area contributed by atoms with Gasteiger partial charge in [0.2, 0.25) is 0 Å². The summed E-state index contributed by atoms with van der Waals surface area (Å²) in [6.07, 6.45) is 3.37. The zero-order chi connectivity index (χ0) is 12.4. The lowest BCUT2D eigenvalue weighted by molar-refractivity contribution is 0.1000. The zero-order valence-corrected chi connectivity index (χ0v) is 9.90. The third-order valence-electron chi connectivity index (χ3n) is 2.40. The second-order valence-electron chi connectivity index (χ2n) is 3.57. The first kappa shape index (κ1) is 11.5. The third-order valence-corrected chi connectivity index (χ3v) is 2.69. The van der Waals surface area contributed by atoms with Gasteiger partial charge in [-0.3, -0.25) is 9.78 Å². The van der Waals surface area contributed by atoms with Crippen LogP contribution in [0.4, 0.5) is 0 Å². The van der Waals surface area contributed by atoms with Crippen molar-refractivity contribution in [3.05, 3.63) is 47.0 Å². The SMILES string of the molecule is Cc1nc(Cl)c(C(N)=O)cc1-c1cccnc1. The molecule has 0 unspecified atom stereocenters. The van der Waals surface area contributed by atoms with Crippen molar-refractivity contribution < 1.29 is 4.79 Å². The topological polar surface area (TPSA) is 68.9 Å². The number of hydrogen-bond acceptors (Lipinski definition) is 3. The number of hydrogen-bond donors (Lipinski definition) is 1. The fourth-order valence-electron chi connectivity index (χ4n) is 1.56. The quantitative estimate of drug-likeness (QED) is 0.827. The van der Waals surface area contributed by atoms with Gasteiger partial charge in [-0.1, -0.05) is 17.7 Å². The van der Waals surface area contributed by atoms with Crippen LogP contribution in [0.5, 0.6) is 0 Å². The summed E-state index contributed by atoms with van der Waals surface area (Å²) in [6.45, 7) is 1.82. The maximum atomic E-state index is 11.2. The van der Waals surface area contributed by atoms with E-state index in [9.17, 15) is 4.79 Å². The predicted molar refractivity (Wildman–Crippen MR) is 65.7 cm³/mol. The predicted octanol–water partition coefficient (Wildman–Crippen LogP) is 2.20. The highest BCUT2D eigenvalue weighted by Crippen LogP contribution is 2.25. The molecule has 2 rings (SSSR count). The van der Waals surface area contributed by atoms with E-state index < -0.39 is 5.91 Å². The monoisotopic (exact) mass is 247 g/mol. The van der Waals surface area contributed by atoms with Crippen LogP contribution >= 0.6 is 11.6 Å². The minimum atomic E-state index is -0.590. The number of aromatic nitrogens is 2. The Morgan fingerprint density at radius 1 is 1.47 bits per heavy atom. The molecule has 0 aliphatic heterocycles. The van der Waals surface area contributed by atoms with Gasteiger partial charge in [0.1, 0.15) is 5.15 Å². The Labute approximate surface area is 103 Å². The van der Waals surface area contributed by atoms with E-state index in [0.29, 0.717) is 0 Å². The second kappa shape index (κ2) is 4.51. The highest BCUT2D eigenvalue weighted by atomic mass is 35.5. The van der Waals surface area contributed by atoms with Crippen LogP contribution in [-0.4, -0.2) is 15.9 Å². The molecule has 2 aromatic rings. The van der Waals surface area contributed by atoms with Crippen LogP contribution in [0.1, 0.15) is 16.1 Å². The Morgan fingerprint density at radius 3 is 2.82 bits per heavy atom. The van der Waals surface area contributed by atoms with Crippen molar-refractivity contribution in [2.45, 2.75) is 6.92 Å². The normalized spacial score (nSPS) is 10.2. The molecule has 0 bridgehead atoms. The van der Waals surface area contributed by atoms with E-state index in [-0.39, 0.29) is 10.7 Å². The van der Waals surface area contributed by atoms with Crippen molar-refractivity contribution >= 4 is 17.5 Å². The average Bonchev–Trinajstić information content (AvgIpc) is 2.29. The van der Waals surface area contributed by atoms with Crippen molar-refractivity contribution in [1.82, 2.24) is 9.97 Å². The molecule has 5 heteroatoms. The van der Waals surface area contributed by atoms with Crippen molar-refractivity contribution in [3.8, 4) is 11.1 Å². The van der Waals surface area contributed by atoms with E-state index in [2.05, 4.69) is 9.97 Å². The van der Waals surface area contributed by atoms with Crippen LogP contribution in [0, 0.1) is 6.92 Å². The van der Waals surface area contributed by atoms with E-state index in [1.54, 1.807) is 18.5 Å². The molecule has 0 aliphatic rings. The summed E-state index contributed by atoms with van der Waals surface area (Å²) in [5.41, 5.74) is 7.85. The maximum Gasteiger partial charge on any atom is 0.251 e. The molecule has 0 fully saturated rings. The molecule has 2 aromatic heterocycles.